The molecule has 2 unspecified atom stereocenters. The van der Waals surface area contributed by atoms with Crippen LogP contribution in [0.5, 0.6) is 0 Å². The molecule has 2 atom stereocenters. The number of hydrogen-bond acceptors (Lipinski definition) is 1. The lowest BCUT2D eigenvalue weighted by atomic mass is 9.85. The first-order chi connectivity index (χ1) is 22.6. The van der Waals surface area contributed by atoms with Crippen molar-refractivity contribution in [1.29, 1.82) is 0 Å². The van der Waals surface area contributed by atoms with E-state index in [1.54, 1.807) is 0 Å². The van der Waals surface area contributed by atoms with Gasteiger partial charge in [-0.3, -0.25) is 0 Å². The van der Waals surface area contributed by atoms with Crippen LogP contribution >= 0.6 is 7.14 Å². The van der Waals surface area contributed by atoms with Gasteiger partial charge in [0.1, 0.15) is 0 Å². The van der Waals surface area contributed by atoms with Crippen LogP contribution in [-0.2, 0) is 11.0 Å². The molecule has 0 aliphatic heterocycles. The average molecular weight is 619 g/mol. The molecule has 0 heterocycles. The quantitative estimate of drug-likeness (QED) is 0.211. The fraction of sp³-hybridized carbons (Fsp3) is 0.227. The highest BCUT2D eigenvalue weighted by Gasteiger charge is 2.32. The third kappa shape index (κ3) is 6.27. The molecule has 4 aliphatic carbocycles. The molecular weight excluding hydrogens is 575 g/mol. The zero-order chi connectivity index (χ0) is 31.3. The highest BCUT2D eigenvalue weighted by Crippen LogP contribution is 2.45. The van der Waals surface area contributed by atoms with Crippen molar-refractivity contribution < 1.29 is 4.57 Å². The van der Waals surface area contributed by atoms with Crippen LogP contribution in [0, 0.1) is 0 Å². The Bertz CT molecular complexity index is 1920. The van der Waals surface area contributed by atoms with Crippen LogP contribution in [0.15, 0.2) is 151 Å². The minimum atomic E-state index is -3.23. The lowest BCUT2D eigenvalue weighted by Crippen LogP contribution is -2.26. The van der Waals surface area contributed by atoms with Gasteiger partial charge in [-0.25, -0.2) is 0 Å². The maximum Gasteiger partial charge on any atom is 0.171 e. The molecule has 0 radical (unpaired) electrons. The Morgan fingerprint density at radius 3 is 2.39 bits per heavy atom. The largest absolute Gasteiger partial charge is 0.309 e. The molecule has 2 heteroatoms. The van der Waals surface area contributed by atoms with Crippen molar-refractivity contribution >= 4 is 34.2 Å². The second-order valence-electron chi connectivity index (χ2n) is 13.0. The Morgan fingerprint density at radius 1 is 0.696 bits per heavy atom. The van der Waals surface area contributed by atoms with E-state index >= 15 is 4.57 Å². The van der Waals surface area contributed by atoms with E-state index in [1.165, 1.54) is 44.5 Å². The van der Waals surface area contributed by atoms with Gasteiger partial charge in [0.15, 0.2) is 7.14 Å². The minimum absolute atomic E-state index is 0.264. The van der Waals surface area contributed by atoms with Crippen molar-refractivity contribution in [3.05, 3.63) is 173 Å². The molecule has 230 valence electrons. The zero-order valence-electron chi connectivity index (χ0n) is 26.9. The van der Waals surface area contributed by atoms with Crippen molar-refractivity contribution in [2.24, 2.45) is 0 Å². The molecule has 7 rings (SSSR count). The summed E-state index contributed by atoms with van der Waals surface area (Å²) in [5.74, 6) is 0.264. The van der Waals surface area contributed by atoms with E-state index in [1.807, 2.05) is 18.2 Å². The van der Waals surface area contributed by atoms with Gasteiger partial charge in [0.25, 0.3) is 0 Å². The summed E-state index contributed by atoms with van der Waals surface area (Å²) in [7, 11) is -3.23. The third-order valence-corrected chi connectivity index (χ3v) is 12.9. The highest BCUT2D eigenvalue weighted by atomic mass is 31.2. The lowest BCUT2D eigenvalue weighted by molar-refractivity contribution is 0.592. The molecule has 0 aromatic heterocycles. The topological polar surface area (TPSA) is 17.1 Å². The van der Waals surface area contributed by atoms with E-state index in [0.717, 1.165) is 67.3 Å². The molecule has 0 saturated carbocycles. The van der Waals surface area contributed by atoms with Gasteiger partial charge in [0.2, 0.25) is 0 Å². The van der Waals surface area contributed by atoms with Gasteiger partial charge in [-0.2, -0.15) is 0 Å². The predicted molar refractivity (Wildman–Crippen MR) is 199 cm³/mol. The van der Waals surface area contributed by atoms with E-state index in [9.17, 15) is 0 Å². The standard InChI is InChI=1S/C44H43OP/c1-33-15-12-13-18-34-17-7-4-9-21-38(30-34)44-32-41(27-28-42(33)44)46(45,39-23-10-5-11-24-39)40-26-25-36-20-8-3-2-6-16-35-19-14-22-37(29-35)43(36)31-40/h3-5,8-12,14-16,18-19,21-28,31-33H,2,6-7,13,17,20,29-30H2,1H3/b8-3-,9-4-,15-12-,34-18-,35-16-,38-21+. The molecule has 0 fully saturated rings. The number of hydrogen-bond donors (Lipinski definition) is 0. The Labute approximate surface area is 275 Å². The van der Waals surface area contributed by atoms with E-state index in [0.29, 0.717) is 0 Å². The molecular formula is C44H43OP. The monoisotopic (exact) mass is 618 g/mol. The molecule has 0 saturated heterocycles. The SMILES string of the molecule is CC1/C=C\C/C=C2/CC/C=C\C=C(/C2)c2cc(P(=O)(c3ccccc3)c3ccc4c(c3)C3=CC=C/C(=C/CC/C=C\C4)C3)ccc21. The van der Waals surface area contributed by atoms with Crippen molar-refractivity contribution in [2.75, 3.05) is 0 Å². The van der Waals surface area contributed by atoms with E-state index < -0.39 is 7.14 Å². The van der Waals surface area contributed by atoms with E-state index in [2.05, 4.69) is 128 Å². The summed E-state index contributed by atoms with van der Waals surface area (Å²) in [6.45, 7) is 2.28. The first-order valence-electron chi connectivity index (χ1n) is 17.0. The summed E-state index contributed by atoms with van der Waals surface area (Å²) in [6.07, 6.45) is 35.5. The molecule has 0 spiro atoms. The molecule has 0 amide bonds. The van der Waals surface area contributed by atoms with Crippen molar-refractivity contribution in [3.8, 4) is 0 Å². The molecule has 0 N–H and O–H groups in total. The second-order valence-corrected chi connectivity index (χ2v) is 15.7. The predicted octanol–water partition coefficient (Wildman–Crippen LogP) is 10.6. The fourth-order valence-electron chi connectivity index (χ4n) is 7.30. The van der Waals surface area contributed by atoms with Crippen LogP contribution in [0.3, 0.4) is 0 Å². The Kier molecular flexibility index (Phi) is 9.05. The highest BCUT2D eigenvalue weighted by molar-refractivity contribution is 7.85. The van der Waals surface area contributed by atoms with Crippen LogP contribution in [0.25, 0.3) is 11.1 Å². The van der Waals surface area contributed by atoms with Gasteiger partial charge in [-0.15, -0.1) is 0 Å². The van der Waals surface area contributed by atoms with Crippen LogP contribution in [0.1, 0.15) is 80.0 Å². The van der Waals surface area contributed by atoms with Crippen molar-refractivity contribution in [1.82, 2.24) is 0 Å². The summed E-state index contributed by atoms with van der Waals surface area (Å²) in [4.78, 5) is 0. The number of allylic oxidation sites excluding steroid dienone is 16. The van der Waals surface area contributed by atoms with Gasteiger partial charge in [-0.1, -0.05) is 140 Å². The number of fused-ring (bicyclic) bond motifs is 8. The molecule has 4 bridgehead atoms. The fourth-order valence-corrected chi connectivity index (χ4v) is 9.98. The molecule has 4 aliphatic rings. The number of rotatable bonds is 3. The summed E-state index contributed by atoms with van der Waals surface area (Å²) in [5, 5.41) is 2.68. The smallest absolute Gasteiger partial charge is 0.171 e. The lowest BCUT2D eigenvalue weighted by Gasteiger charge is -2.26. The summed E-state index contributed by atoms with van der Waals surface area (Å²) in [5.41, 5.74) is 10.5. The number of benzene rings is 3. The third-order valence-electron chi connectivity index (χ3n) is 9.86. The maximum atomic E-state index is 16.0. The summed E-state index contributed by atoms with van der Waals surface area (Å²) < 4.78 is 16.0. The van der Waals surface area contributed by atoms with Crippen LogP contribution < -0.4 is 15.9 Å². The van der Waals surface area contributed by atoms with Crippen molar-refractivity contribution in [3.63, 3.8) is 0 Å². The van der Waals surface area contributed by atoms with Gasteiger partial charge < -0.3 is 4.57 Å². The Morgan fingerprint density at radius 2 is 1.50 bits per heavy atom. The van der Waals surface area contributed by atoms with E-state index in [-0.39, 0.29) is 5.92 Å². The maximum absolute atomic E-state index is 16.0. The summed E-state index contributed by atoms with van der Waals surface area (Å²) in [6, 6.07) is 23.5. The summed E-state index contributed by atoms with van der Waals surface area (Å²) >= 11 is 0. The first kappa shape index (κ1) is 30.5. The van der Waals surface area contributed by atoms with Gasteiger partial charge in [0.05, 0.1) is 0 Å². The zero-order valence-corrected chi connectivity index (χ0v) is 27.8. The molecule has 1 nitrogen and oxygen atoms in total. The Hall–Kier alpha value is -4.19. The first-order valence-corrected chi connectivity index (χ1v) is 18.7. The van der Waals surface area contributed by atoms with Gasteiger partial charge in [-0.05, 0) is 108 Å². The normalized spacial score (nSPS) is 26.2. The molecule has 3 aromatic carbocycles. The van der Waals surface area contributed by atoms with Crippen molar-refractivity contribution in [2.45, 2.75) is 64.2 Å². The Balaban J connectivity index is 1.43. The van der Waals surface area contributed by atoms with E-state index in [4.69, 9.17) is 0 Å². The average Bonchev–Trinajstić information content (AvgIpc) is 3.11. The minimum Gasteiger partial charge on any atom is -0.309 e. The van der Waals surface area contributed by atoms with Gasteiger partial charge in [0, 0.05) is 15.9 Å². The van der Waals surface area contributed by atoms with Crippen LogP contribution in [0.2, 0.25) is 0 Å². The second kappa shape index (κ2) is 13.7. The van der Waals surface area contributed by atoms with Crippen LogP contribution in [-0.4, -0.2) is 0 Å². The van der Waals surface area contributed by atoms with Gasteiger partial charge >= 0.3 is 0 Å². The molecule has 46 heavy (non-hydrogen) atoms. The van der Waals surface area contributed by atoms with Crippen LogP contribution in [0.4, 0.5) is 0 Å². The molecule has 3 aromatic rings.